The molecule has 0 spiro atoms. The fourth-order valence-electron chi connectivity index (χ4n) is 8.08. The van der Waals surface area contributed by atoms with Crippen molar-refractivity contribution in [3.05, 3.63) is 169 Å². The Balaban J connectivity index is 1.42. The highest BCUT2D eigenvalue weighted by Gasteiger charge is 2.37. The van der Waals surface area contributed by atoms with Crippen LogP contribution in [0.25, 0.3) is 76.8 Å². The molecule has 0 saturated heterocycles. The van der Waals surface area contributed by atoms with Crippen molar-refractivity contribution < 1.29 is 0 Å². The normalized spacial score (nSPS) is 13.3. The third-order valence-electron chi connectivity index (χ3n) is 10.0. The second-order valence-electron chi connectivity index (χ2n) is 12.9. The summed E-state index contributed by atoms with van der Waals surface area (Å²) in [6, 6.07) is 58.3. The average molecular weight is 573 g/mol. The van der Waals surface area contributed by atoms with Crippen LogP contribution in [0.4, 0.5) is 0 Å². The minimum atomic E-state index is -0.108. The smallest absolute Gasteiger partial charge is 0.0165 e. The SMILES string of the molecule is CC1(C)c2ccccc2-c2cccc(-c3c4ccccc4c(-c4cc(-c5ccccc5)cc5ccccc45)c4ccccc34)c21. The van der Waals surface area contributed by atoms with E-state index in [-0.39, 0.29) is 5.41 Å². The predicted octanol–water partition coefficient (Wildman–Crippen LogP) is 12.5. The Bertz CT molecular complexity index is 2390. The molecule has 0 aliphatic heterocycles. The predicted molar refractivity (Wildman–Crippen MR) is 193 cm³/mol. The Labute approximate surface area is 264 Å². The van der Waals surface area contributed by atoms with Gasteiger partial charge < -0.3 is 0 Å². The van der Waals surface area contributed by atoms with E-state index in [4.69, 9.17) is 0 Å². The van der Waals surface area contributed by atoms with Crippen LogP contribution in [0.2, 0.25) is 0 Å². The lowest BCUT2D eigenvalue weighted by Gasteiger charge is -2.26. The number of rotatable bonds is 3. The van der Waals surface area contributed by atoms with Gasteiger partial charge in [-0.2, -0.15) is 0 Å². The van der Waals surface area contributed by atoms with E-state index < -0.39 is 0 Å². The van der Waals surface area contributed by atoms with Crippen LogP contribution in [0.1, 0.15) is 25.0 Å². The summed E-state index contributed by atoms with van der Waals surface area (Å²) in [6.45, 7) is 4.78. The molecule has 9 rings (SSSR count). The summed E-state index contributed by atoms with van der Waals surface area (Å²) in [7, 11) is 0. The van der Waals surface area contributed by atoms with Crippen LogP contribution >= 0.6 is 0 Å². The zero-order valence-corrected chi connectivity index (χ0v) is 25.5. The quantitative estimate of drug-likeness (QED) is 0.185. The van der Waals surface area contributed by atoms with Crippen molar-refractivity contribution in [2.45, 2.75) is 19.3 Å². The Morgan fingerprint density at radius 2 is 0.867 bits per heavy atom. The maximum absolute atomic E-state index is 2.41. The Morgan fingerprint density at radius 1 is 0.356 bits per heavy atom. The lowest BCUT2D eigenvalue weighted by molar-refractivity contribution is 0.662. The van der Waals surface area contributed by atoms with Gasteiger partial charge in [-0.3, -0.25) is 0 Å². The van der Waals surface area contributed by atoms with E-state index in [0.29, 0.717) is 0 Å². The van der Waals surface area contributed by atoms with Gasteiger partial charge >= 0.3 is 0 Å². The molecule has 1 aliphatic rings. The summed E-state index contributed by atoms with van der Waals surface area (Å²) >= 11 is 0. The molecule has 0 saturated carbocycles. The molecule has 0 amide bonds. The van der Waals surface area contributed by atoms with Gasteiger partial charge in [-0.15, -0.1) is 0 Å². The third kappa shape index (κ3) is 3.79. The van der Waals surface area contributed by atoms with E-state index in [1.165, 1.54) is 88.0 Å². The Kier molecular flexibility index (Phi) is 5.64. The van der Waals surface area contributed by atoms with E-state index in [2.05, 4.69) is 172 Å². The maximum atomic E-state index is 2.41. The van der Waals surface area contributed by atoms with Crippen LogP contribution < -0.4 is 0 Å². The summed E-state index contributed by atoms with van der Waals surface area (Å²) in [4.78, 5) is 0. The van der Waals surface area contributed by atoms with Gasteiger partial charge in [-0.25, -0.2) is 0 Å². The number of hydrogen-bond acceptors (Lipinski definition) is 0. The van der Waals surface area contributed by atoms with Crippen LogP contribution in [0, 0.1) is 0 Å². The van der Waals surface area contributed by atoms with Gasteiger partial charge in [0.05, 0.1) is 0 Å². The fraction of sp³-hybridized carbons (Fsp3) is 0.0667. The summed E-state index contributed by atoms with van der Waals surface area (Å²) in [5.74, 6) is 0. The molecular weight excluding hydrogens is 540 g/mol. The highest BCUT2D eigenvalue weighted by molar-refractivity contribution is 6.24. The summed E-state index contributed by atoms with van der Waals surface area (Å²) in [5, 5.41) is 7.69. The summed E-state index contributed by atoms with van der Waals surface area (Å²) in [6.07, 6.45) is 0. The zero-order valence-electron chi connectivity index (χ0n) is 25.5. The Hall–Kier alpha value is -5.46. The molecule has 1 aliphatic carbocycles. The molecule has 8 aromatic rings. The average Bonchev–Trinajstić information content (AvgIpc) is 3.33. The second kappa shape index (κ2) is 9.78. The molecule has 0 nitrogen and oxygen atoms in total. The minimum absolute atomic E-state index is 0.108. The van der Waals surface area contributed by atoms with Crippen molar-refractivity contribution in [3.63, 3.8) is 0 Å². The molecule has 0 heteroatoms. The van der Waals surface area contributed by atoms with Crippen molar-refractivity contribution in [1.82, 2.24) is 0 Å². The first-order valence-electron chi connectivity index (χ1n) is 15.9. The highest BCUT2D eigenvalue weighted by Crippen LogP contribution is 2.54. The molecule has 212 valence electrons. The molecule has 0 atom stereocenters. The van der Waals surface area contributed by atoms with E-state index in [1.807, 2.05) is 0 Å². The zero-order chi connectivity index (χ0) is 30.1. The molecule has 45 heavy (non-hydrogen) atoms. The lowest BCUT2D eigenvalue weighted by atomic mass is 9.76. The first-order valence-corrected chi connectivity index (χ1v) is 15.9. The van der Waals surface area contributed by atoms with Gasteiger partial charge in [0.2, 0.25) is 0 Å². The fourth-order valence-corrected chi connectivity index (χ4v) is 8.08. The van der Waals surface area contributed by atoms with Gasteiger partial charge in [0, 0.05) is 5.41 Å². The minimum Gasteiger partial charge on any atom is -0.0622 e. The largest absolute Gasteiger partial charge is 0.0622 e. The van der Waals surface area contributed by atoms with E-state index >= 15 is 0 Å². The van der Waals surface area contributed by atoms with Gasteiger partial charge in [0.15, 0.2) is 0 Å². The lowest BCUT2D eigenvalue weighted by Crippen LogP contribution is -2.16. The van der Waals surface area contributed by atoms with E-state index in [9.17, 15) is 0 Å². The van der Waals surface area contributed by atoms with Crippen LogP contribution in [0.5, 0.6) is 0 Å². The van der Waals surface area contributed by atoms with Gasteiger partial charge in [0.25, 0.3) is 0 Å². The van der Waals surface area contributed by atoms with Crippen LogP contribution in [0.3, 0.4) is 0 Å². The molecule has 0 N–H and O–H groups in total. The van der Waals surface area contributed by atoms with Gasteiger partial charge in [-0.1, -0.05) is 159 Å². The van der Waals surface area contributed by atoms with Crippen molar-refractivity contribution in [2.75, 3.05) is 0 Å². The number of fused-ring (bicyclic) bond motifs is 6. The van der Waals surface area contributed by atoms with Gasteiger partial charge in [0.1, 0.15) is 0 Å². The first kappa shape index (κ1) is 26.0. The Morgan fingerprint density at radius 3 is 1.56 bits per heavy atom. The van der Waals surface area contributed by atoms with Crippen molar-refractivity contribution in [3.8, 4) is 44.5 Å². The van der Waals surface area contributed by atoms with Gasteiger partial charge in [-0.05, 0) is 100 Å². The summed E-state index contributed by atoms with van der Waals surface area (Å²) in [5.41, 5.74) is 13.1. The summed E-state index contributed by atoms with van der Waals surface area (Å²) < 4.78 is 0. The van der Waals surface area contributed by atoms with Crippen molar-refractivity contribution in [2.24, 2.45) is 0 Å². The van der Waals surface area contributed by atoms with E-state index in [1.54, 1.807) is 0 Å². The standard InChI is InChI=1S/C45H32/c1-45(2)41-26-13-12-19-33(41)38-24-14-25-39(44(38)45)42-34-20-8-10-22-36(34)43(37-23-11-9-21-35(37)42)40-28-31(29-15-4-3-5-16-29)27-30-17-6-7-18-32(30)40/h3-28H,1-2H3. The molecule has 0 fully saturated rings. The molecule has 0 bridgehead atoms. The molecular formula is C45H32. The number of benzene rings is 8. The highest BCUT2D eigenvalue weighted by atomic mass is 14.4. The second-order valence-corrected chi connectivity index (χ2v) is 12.9. The topological polar surface area (TPSA) is 0 Å². The van der Waals surface area contributed by atoms with Crippen molar-refractivity contribution in [1.29, 1.82) is 0 Å². The number of hydrogen-bond donors (Lipinski definition) is 0. The van der Waals surface area contributed by atoms with Crippen molar-refractivity contribution >= 4 is 32.3 Å². The van der Waals surface area contributed by atoms with Crippen LogP contribution in [-0.2, 0) is 5.41 Å². The first-order chi connectivity index (χ1) is 22.1. The van der Waals surface area contributed by atoms with Crippen LogP contribution in [-0.4, -0.2) is 0 Å². The van der Waals surface area contributed by atoms with Crippen LogP contribution in [0.15, 0.2) is 158 Å². The maximum Gasteiger partial charge on any atom is 0.0165 e. The molecule has 0 radical (unpaired) electrons. The molecule has 8 aromatic carbocycles. The molecule has 0 unspecified atom stereocenters. The molecule has 0 aromatic heterocycles. The monoisotopic (exact) mass is 572 g/mol. The third-order valence-corrected chi connectivity index (χ3v) is 10.0. The van der Waals surface area contributed by atoms with E-state index in [0.717, 1.165) is 0 Å². The molecule has 0 heterocycles.